The predicted molar refractivity (Wildman–Crippen MR) is 102 cm³/mol. The fourth-order valence-electron chi connectivity index (χ4n) is 2.55. The van der Waals surface area contributed by atoms with Crippen molar-refractivity contribution >= 4 is 28.6 Å². The number of thiophene rings is 1. The summed E-state index contributed by atoms with van der Waals surface area (Å²) in [5, 5.41) is 18.7. The Bertz CT molecular complexity index is 865. The van der Waals surface area contributed by atoms with Crippen LogP contribution in [0.15, 0.2) is 72.1 Å². The lowest BCUT2D eigenvalue weighted by molar-refractivity contribution is -0.384. The molecule has 3 aromatic rings. The minimum Gasteiger partial charge on any atom is -0.325 e. The number of anilines is 1. The van der Waals surface area contributed by atoms with Gasteiger partial charge < -0.3 is 5.32 Å². The van der Waals surface area contributed by atoms with E-state index in [1.807, 2.05) is 47.8 Å². The van der Waals surface area contributed by atoms with Crippen molar-refractivity contribution in [2.24, 2.45) is 0 Å². The van der Waals surface area contributed by atoms with Gasteiger partial charge in [0.15, 0.2) is 0 Å². The molecule has 0 fully saturated rings. The van der Waals surface area contributed by atoms with Crippen LogP contribution in [0, 0.1) is 10.1 Å². The molecule has 0 radical (unpaired) electrons. The van der Waals surface area contributed by atoms with Crippen molar-refractivity contribution in [3.05, 3.63) is 92.7 Å². The number of amides is 1. The molecule has 0 saturated carbocycles. The summed E-state index contributed by atoms with van der Waals surface area (Å²) in [6.45, 7) is 0.119. The topological polar surface area (TPSA) is 84.3 Å². The van der Waals surface area contributed by atoms with Crippen LogP contribution in [-0.2, 0) is 4.79 Å². The largest absolute Gasteiger partial charge is 0.325 e. The van der Waals surface area contributed by atoms with E-state index in [0.717, 1.165) is 10.4 Å². The lowest BCUT2D eigenvalue weighted by Crippen LogP contribution is -2.31. The number of nitrogens with zero attached hydrogens (tertiary/aromatic N) is 1. The summed E-state index contributed by atoms with van der Waals surface area (Å²) in [5.74, 6) is -0.212. The molecule has 2 aromatic carbocycles. The summed E-state index contributed by atoms with van der Waals surface area (Å²) in [6, 6.07) is 19.6. The maximum absolute atomic E-state index is 12.2. The third kappa shape index (κ3) is 4.53. The minimum atomic E-state index is -0.474. The van der Waals surface area contributed by atoms with Crippen molar-refractivity contribution in [1.29, 1.82) is 0 Å². The number of nitro benzene ring substituents is 1. The van der Waals surface area contributed by atoms with Gasteiger partial charge in [0.05, 0.1) is 17.5 Å². The van der Waals surface area contributed by atoms with Gasteiger partial charge in [-0.3, -0.25) is 20.2 Å². The fourth-order valence-corrected chi connectivity index (χ4v) is 3.38. The second kappa shape index (κ2) is 8.37. The van der Waals surface area contributed by atoms with Crippen molar-refractivity contribution < 1.29 is 9.72 Å². The highest BCUT2D eigenvalue weighted by atomic mass is 32.1. The van der Waals surface area contributed by atoms with E-state index in [2.05, 4.69) is 10.6 Å². The normalized spacial score (nSPS) is 11.7. The van der Waals surface area contributed by atoms with Crippen LogP contribution in [0.4, 0.5) is 11.4 Å². The van der Waals surface area contributed by atoms with E-state index in [1.54, 1.807) is 11.3 Å². The van der Waals surface area contributed by atoms with Gasteiger partial charge in [0.25, 0.3) is 5.69 Å². The molecule has 132 valence electrons. The summed E-state index contributed by atoms with van der Waals surface area (Å²) < 4.78 is 0. The third-order valence-corrected chi connectivity index (χ3v) is 4.73. The number of hydrogen-bond donors (Lipinski definition) is 2. The maximum atomic E-state index is 12.2. The van der Waals surface area contributed by atoms with Gasteiger partial charge in [0, 0.05) is 22.7 Å². The quantitative estimate of drug-likeness (QED) is 0.489. The van der Waals surface area contributed by atoms with Crippen LogP contribution >= 0.6 is 11.3 Å². The highest BCUT2D eigenvalue weighted by Gasteiger charge is 2.16. The summed E-state index contributed by atoms with van der Waals surface area (Å²) in [4.78, 5) is 23.6. The van der Waals surface area contributed by atoms with Gasteiger partial charge in [-0.15, -0.1) is 11.3 Å². The lowest BCUT2D eigenvalue weighted by atomic mass is 10.1. The zero-order valence-electron chi connectivity index (χ0n) is 13.8. The van der Waals surface area contributed by atoms with Crippen LogP contribution in [0.5, 0.6) is 0 Å². The average Bonchev–Trinajstić information content (AvgIpc) is 3.17. The van der Waals surface area contributed by atoms with Crippen molar-refractivity contribution in [1.82, 2.24) is 5.32 Å². The Hall–Kier alpha value is -3.03. The molecule has 0 aliphatic rings. The van der Waals surface area contributed by atoms with Crippen molar-refractivity contribution in [3.63, 3.8) is 0 Å². The van der Waals surface area contributed by atoms with Crippen LogP contribution in [0.2, 0.25) is 0 Å². The molecule has 0 aliphatic heterocycles. The molecule has 2 N–H and O–H groups in total. The van der Waals surface area contributed by atoms with E-state index in [9.17, 15) is 14.9 Å². The van der Waals surface area contributed by atoms with Gasteiger partial charge in [0.2, 0.25) is 5.91 Å². The van der Waals surface area contributed by atoms with Gasteiger partial charge in [-0.25, -0.2) is 0 Å². The van der Waals surface area contributed by atoms with Crippen molar-refractivity contribution in [2.45, 2.75) is 6.04 Å². The SMILES string of the molecule is O=C(CN[C@H](c1ccccc1)c1cccs1)Nc1ccc([N+](=O)[O-])cc1. The van der Waals surface area contributed by atoms with E-state index in [-0.39, 0.29) is 24.2 Å². The van der Waals surface area contributed by atoms with Gasteiger partial charge in [-0.05, 0) is 29.1 Å². The van der Waals surface area contributed by atoms with Crippen LogP contribution in [0.25, 0.3) is 0 Å². The van der Waals surface area contributed by atoms with Crippen LogP contribution in [0.1, 0.15) is 16.5 Å². The fraction of sp³-hybridized carbons (Fsp3) is 0.105. The van der Waals surface area contributed by atoms with Crippen LogP contribution in [-0.4, -0.2) is 17.4 Å². The molecule has 7 heteroatoms. The first-order valence-electron chi connectivity index (χ1n) is 7.99. The van der Waals surface area contributed by atoms with Gasteiger partial charge in [-0.2, -0.15) is 0 Å². The monoisotopic (exact) mass is 367 g/mol. The maximum Gasteiger partial charge on any atom is 0.269 e. The Labute approximate surface area is 154 Å². The molecule has 0 unspecified atom stereocenters. The Kier molecular flexibility index (Phi) is 5.73. The molecule has 0 saturated heterocycles. The summed E-state index contributed by atoms with van der Waals surface area (Å²) >= 11 is 1.63. The molecule has 0 bridgehead atoms. The van der Waals surface area contributed by atoms with E-state index in [0.29, 0.717) is 5.69 Å². The van der Waals surface area contributed by atoms with Gasteiger partial charge in [-0.1, -0.05) is 36.4 Å². The average molecular weight is 367 g/mol. The molecule has 1 amide bonds. The number of carbonyl (C=O) groups excluding carboxylic acids is 1. The highest BCUT2D eigenvalue weighted by molar-refractivity contribution is 7.10. The summed E-state index contributed by atoms with van der Waals surface area (Å²) in [6.07, 6.45) is 0. The molecule has 0 aliphatic carbocycles. The first-order valence-corrected chi connectivity index (χ1v) is 8.87. The van der Waals surface area contributed by atoms with Gasteiger partial charge >= 0.3 is 0 Å². The second-order valence-corrected chi connectivity index (χ2v) is 6.57. The van der Waals surface area contributed by atoms with E-state index < -0.39 is 4.92 Å². The van der Waals surface area contributed by atoms with E-state index in [1.165, 1.54) is 24.3 Å². The summed E-state index contributed by atoms with van der Waals surface area (Å²) in [7, 11) is 0. The standard InChI is InChI=1S/C19H17N3O3S/c23-18(21-15-8-10-16(11-9-15)22(24)25)13-20-19(17-7-4-12-26-17)14-5-2-1-3-6-14/h1-12,19-20H,13H2,(H,21,23)/t19-/m1/s1. The van der Waals surface area contributed by atoms with Crippen LogP contribution in [0.3, 0.4) is 0 Å². The predicted octanol–water partition coefficient (Wildman–Crippen LogP) is 3.97. The number of nitro groups is 1. The smallest absolute Gasteiger partial charge is 0.269 e. The van der Waals surface area contributed by atoms with Crippen LogP contribution < -0.4 is 10.6 Å². The molecule has 1 aromatic heterocycles. The Morgan fingerprint density at radius 3 is 2.38 bits per heavy atom. The summed E-state index contributed by atoms with van der Waals surface area (Å²) in [5.41, 5.74) is 1.59. The number of rotatable bonds is 7. The molecule has 1 atom stereocenters. The van der Waals surface area contributed by atoms with Gasteiger partial charge in [0.1, 0.15) is 0 Å². The van der Waals surface area contributed by atoms with Crippen molar-refractivity contribution in [3.8, 4) is 0 Å². The number of carbonyl (C=O) groups is 1. The first-order chi connectivity index (χ1) is 12.6. The molecular weight excluding hydrogens is 350 g/mol. The number of nitrogens with one attached hydrogen (secondary N) is 2. The third-order valence-electron chi connectivity index (χ3n) is 3.79. The first kappa shape index (κ1) is 17.8. The van der Waals surface area contributed by atoms with E-state index >= 15 is 0 Å². The van der Waals surface area contributed by atoms with E-state index in [4.69, 9.17) is 0 Å². The number of hydrogen-bond acceptors (Lipinski definition) is 5. The minimum absolute atomic E-state index is 0.0111. The lowest BCUT2D eigenvalue weighted by Gasteiger charge is -2.18. The Morgan fingerprint density at radius 1 is 1.04 bits per heavy atom. The Balaban J connectivity index is 1.63. The Morgan fingerprint density at radius 2 is 1.77 bits per heavy atom. The molecular formula is C19H17N3O3S. The van der Waals surface area contributed by atoms with Crippen molar-refractivity contribution in [2.75, 3.05) is 11.9 Å². The molecule has 6 nitrogen and oxygen atoms in total. The zero-order chi connectivity index (χ0) is 18.4. The molecule has 26 heavy (non-hydrogen) atoms. The number of benzene rings is 2. The number of non-ortho nitro benzene ring substituents is 1. The zero-order valence-corrected chi connectivity index (χ0v) is 14.6. The highest BCUT2D eigenvalue weighted by Crippen LogP contribution is 2.25. The molecule has 0 spiro atoms. The second-order valence-electron chi connectivity index (χ2n) is 5.59. The molecule has 3 rings (SSSR count). The molecule has 1 heterocycles.